The molecule has 0 unspecified atom stereocenters. The van der Waals surface area contributed by atoms with Crippen LogP contribution in [0.25, 0.3) is 0 Å². The maximum Gasteiger partial charge on any atom is 0.350 e. The maximum atomic E-state index is 14.5. The summed E-state index contributed by atoms with van der Waals surface area (Å²) in [5, 5.41) is 39.0. The van der Waals surface area contributed by atoms with Crippen molar-refractivity contribution in [1.29, 1.82) is 0 Å². The van der Waals surface area contributed by atoms with Crippen molar-refractivity contribution in [1.82, 2.24) is 4.90 Å². The van der Waals surface area contributed by atoms with Gasteiger partial charge in [0, 0.05) is 96.1 Å². The van der Waals surface area contributed by atoms with Gasteiger partial charge in [-0.05, 0) is 56.3 Å². The molecule has 7 bridgehead atoms. The molecule has 274 valence electrons. The standard InChI is InChI=1S/C37H50N2O11/c1-8-39-19-33(50-32(41)22-15-21(9-10-25(22)38-20(2)40)11-14-35(43,48-6)49-7)13-12-29(46-4)36-27(33)17-24(30(36)39)34(42)18-26(45-3)23-16-28(36)37(34,44)31(23)47-5/h9-10,15,23-24,26-31,42-44H,8,12-13,16-19H2,1-7H3,(H,38,40)/t23-,24+,26+,27-,28+,29+,30-,31+,33-,34+,36+,37+/m1/s1. The molecule has 0 aromatic heterocycles. The first kappa shape index (κ1) is 35.7. The molecule has 4 N–H and O–H groups in total. The van der Waals surface area contributed by atoms with Crippen molar-refractivity contribution in [2.24, 2.45) is 29.1 Å². The Hall–Kier alpha value is -2.64. The fourth-order valence-corrected chi connectivity index (χ4v) is 12.1. The van der Waals surface area contributed by atoms with Gasteiger partial charge in [0.1, 0.15) is 16.8 Å². The van der Waals surface area contributed by atoms with Crippen LogP contribution in [0.2, 0.25) is 0 Å². The molecular weight excluding hydrogens is 648 g/mol. The van der Waals surface area contributed by atoms with Gasteiger partial charge < -0.3 is 49.1 Å². The van der Waals surface area contributed by atoms with Gasteiger partial charge >= 0.3 is 11.9 Å². The molecule has 1 saturated heterocycles. The first-order valence-electron chi connectivity index (χ1n) is 17.5. The number of esters is 1. The SMILES string of the molecule is CCN1C[C@]2(OC(=O)c3cc(C#CC(O)(OC)OC)ccc3NC(C)=O)CC[C@H](OC)[C@@]34[C@@H]2C[C@@H]([C@@H]13)[C@@]1(O)C[C@H](OC)[C@H]2C[C@@H]4[C@]1(O)[C@H]2OC. The summed E-state index contributed by atoms with van der Waals surface area (Å²) in [4.78, 5) is 29.1. The number of amides is 1. The number of ether oxygens (including phenoxy) is 6. The van der Waals surface area contributed by atoms with Crippen LogP contribution in [0.1, 0.15) is 61.9 Å². The van der Waals surface area contributed by atoms with Gasteiger partial charge in [0.05, 0.1) is 29.6 Å². The summed E-state index contributed by atoms with van der Waals surface area (Å²) in [6.45, 7) is 4.53. The lowest BCUT2D eigenvalue weighted by molar-refractivity contribution is -0.337. The summed E-state index contributed by atoms with van der Waals surface area (Å²) < 4.78 is 35.1. The second-order valence-electron chi connectivity index (χ2n) is 15.1. The highest BCUT2D eigenvalue weighted by molar-refractivity contribution is 6.01. The van der Waals surface area contributed by atoms with Gasteiger partial charge in [-0.25, -0.2) is 4.79 Å². The van der Waals surface area contributed by atoms with Crippen molar-refractivity contribution in [3.8, 4) is 11.8 Å². The predicted octanol–water partition coefficient (Wildman–Crippen LogP) is 1.51. The quantitative estimate of drug-likeness (QED) is 0.167. The third kappa shape index (κ3) is 4.53. The Labute approximate surface area is 292 Å². The van der Waals surface area contributed by atoms with Gasteiger partial charge in [-0.2, -0.15) is 0 Å². The fourth-order valence-electron chi connectivity index (χ4n) is 12.1. The van der Waals surface area contributed by atoms with Gasteiger partial charge in [0.2, 0.25) is 5.91 Å². The van der Waals surface area contributed by atoms with E-state index >= 15 is 0 Å². The molecule has 1 heterocycles. The second kappa shape index (κ2) is 12.2. The Morgan fingerprint density at radius 2 is 1.80 bits per heavy atom. The minimum atomic E-state index is -2.15. The first-order chi connectivity index (χ1) is 23.8. The summed E-state index contributed by atoms with van der Waals surface area (Å²) in [5.74, 6) is 1.03. The molecule has 1 aliphatic heterocycles. The van der Waals surface area contributed by atoms with Crippen LogP contribution in [0.3, 0.4) is 0 Å². The molecule has 6 fully saturated rings. The van der Waals surface area contributed by atoms with Crippen LogP contribution < -0.4 is 5.32 Å². The van der Waals surface area contributed by atoms with Crippen molar-refractivity contribution >= 4 is 17.6 Å². The zero-order chi connectivity index (χ0) is 36.0. The molecule has 1 aromatic rings. The number of anilines is 1. The summed E-state index contributed by atoms with van der Waals surface area (Å²) in [6, 6.07) is 4.58. The van der Waals surface area contributed by atoms with E-state index in [0.717, 1.165) is 0 Å². The number of aliphatic hydroxyl groups is 3. The molecule has 13 nitrogen and oxygen atoms in total. The molecule has 1 spiro atoms. The zero-order valence-electron chi connectivity index (χ0n) is 29.9. The summed E-state index contributed by atoms with van der Waals surface area (Å²) >= 11 is 0. The molecule has 5 saturated carbocycles. The van der Waals surface area contributed by atoms with Crippen molar-refractivity contribution in [2.45, 2.75) is 93.1 Å². The van der Waals surface area contributed by atoms with Crippen molar-refractivity contribution in [3.05, 3.63) is 29.3 Å². The highest BCUT2D eigenvalue weighted by atomic mass is 16.8. The number of carbonyl (C=O) groups is 2. The average Bonchev–Trinajstić information content (AvgIpc) is 3.53. The molecule has 7 rings (SSSR count). The number of hydrogen-bond acceptors (Lipinski definition) is 12. The van der Waals surface area contributed by atoms with Crippen LogP contribution in [0.5, 0.6) is 0 Å². The zero-order valence-corrected chi connectivity index (χ0v) is 29.9. The lowest BCUT2D eigenvalue weighted by Crippen LogP contribution is -2.83. The van der Waals surface area contributed by atoms with E-state index in [4.69, 9.17) is 28.4 Å². The molecule has 0 radical (unpaired) electrons. The van der Waals surface area contributed by atoms with E-state index in [2.05, 4.69) is 29.0 Å². The molecule has 12 atom stereocenters. The van der Waals surface area contributed by atoms with E-state index in [-0.39, 0.29) is 53.2 Å². The summed E-state index contributed by atoms with van der Waals surface area (Å²) in [7, 11) is 7.48. The molecule has 1 amide bonds. The number of hydrogen-bond donors (Lipinski definition) is 4. The maximum absolute atomic E-state index is 14.5. The van der Waals surface area contributed by atoms with E-state index in [1.807, 2.05) is 0 Å². The molecule has 6 aliphatic rings. The number of benzene rings is 1. The highest BCUT2D eigenvalue weighted by Gasteiger charge is 2.89. The number of rotatable bonds is 9. The van der Waals surface area contributed by atoms with Crippen molar-refractivity contribution in [2.75, 3.05) is 54.0 Å². The lowest BCUT2D eigenvalue weighted by Gasteiger charge is -2.70. The number of piperidine rings is 1. The molecule has 13 heteroatoms. The number of fused-ring (bicyclic) bond motifs is 2. The predicted molar refractivity (Wildman–Crippen MR) is 178 cm³/mol. The van der Waals surface area contributed by atoms with Crippen LogP contribution >= 0.6 is 0 Å². The number of nitrogens with one attached hydrogen (secondary N) is 1. The van der Waals surface area contributed by atoms with Gasteiger partial charge in [-0.1, -0.05) is 12.8 Å². The normalized spacial score (nSPS) is 42.4. The highest BCUT2D eigenvalue weighted by Crippen LogP contribution is 2.79. The smallest absolute Gasteiger partial charge is 0.350 e. The van der Waals surface area contributed by atoms with Crippen LogP contribution in [0.15, 0.2) is 18.2 Å². The number of likely N-dealkylation sites (N-methyl/N-ethyl adjacent to an activating group) is 1. The summed E-state index contributed by atoms with van der Waals surface area (Å²) in [6.07, 6.45) is 1.36. The molecule has 50 heavy (non-hydrogen) atoms. The monoisotopic (exact) mass is 698 g/mol. The minimum absolute atomic E-state index is 0.103. The Balaban J connectivity index is 1.34. The average molecular weight is 699 g/mol. The number of likely N-dealkylation sites (tertiary alicyclic amines) is 1. The number of carbonyl (C=O) groups excluding carboxylic acids is 2. The minimum Gasteiger partial charge on any atom is -0.454 e. The van der Waals surface area contributed by atoms with Crippen LogP contribution in [-0.4, -0.2) is 128 Å². The number of nitrogens with zero attached hydrogens (tertiary/aromatic N) is 1. The second-order valence-corrected chi connectivity index (χ2v) is 15.1. The van der Waals surface area contributed by atoms with E-state index in [1.54, 1.807) is 33.5 Å². The lowest BCUT2D eigenvalue weighted by atomic mass is 9.44. The topological polar surface area (TPSA) is 165 Å². The third-order valence-corrected chi connectivity index (χ3v) is 13.6. The Bertz CT molecular complexity index is 1610. The first-order valence-corrected chi connectivity index (χ1v) is 17.5. The van der Waals surface area contributed by atoms with Crippen LogP contribution in [-0.2, 0) is 33.2 Å². The van der Waals surface area contributed by atoms with E-state index in [9.17, 15) is 24.9 Å². The van der Waals surface area contributed by atoms with E-state index in [1.165, 1.54) is 27.2 Å². The van der Waals surface area contributed by atoms with Crippen molar-refractivity contribution in [3.63, 3.8) is 0 Å². The Morgan fingerprint density at radius 3 is 2.42 bits per heavy atom. The number of methoxy groups -OCH3 is 5. The van der Waals surface area contributed by atoms with E-state index < -0.39 is 46.2 Å². The Morgan fingerprint density at radius 1 is 1.06 bits per heavy atom. The summed E-state index contributed by atoms with van der Waals surface area (Å²) in [5.41, 5.74) is -3.96. The van der Waals surface area contributed by atoms with E-state index in [0.29, 0.717) is 50.8 Å². The van der Waals surface area contributed by atoms with Gasteiger partial charge in [0.25, 0.3) is 0 Å². The van der Waals surface area contributed by atoms with Crippen molar-refractivity contribution < 1.29 is 53.3 Å². The van der Waals surface area contributed by atoms with Gasteiger partial charge in [-0.3, -0.25) is 9.69 Å². The Kier molecular flexibility index (Phi) is 8.74. The fraction of sp³-hybridized carbons (Fsp3) is 0.730. The van der Waals surface area contributed by atoms with Gasteiger partial charge in [-0.15, -0.1) is 0 Å². The third-order valence-electron chi connectivity index (χ3n) is 13.6. The van der Waals surface area contributed by atoms with Crippen LogP contribution in [0, 0.1) is 40.9 Å². The largest absolute Gasteiger partial charge is 0.454 e. The van der Waals surface area contributed by atoms with Crippen LogP contribution in [0.4, 0.5) is 5.69 Å². The molecule has 1 aromatic carbocycles. The molecule has 5 aliphatic carbocycles. The molecular formula is C37H50N2O11. The van der Waals surface area contributed by atoms with Gasteiger partial charge in [0.15, 0.2) is 0 Å².